The molecule has 0 spiro atoms. The Kier molecular flexibility index (Phi) is 5.03. The Morgan fingerprint density at radius 1 is 1.21 bits per heavy atom. The molecule has 2 heterocycles. The number of allylic oxidation sites excluding steroid dienone is 3. The normalized spacial score (nSPS) is 22.2. The number of nitriles is 1. The van der Waals surface area contributed by atoms with Crippen LogP contribution in [0.1, 0.15) is 40.7 Å². The highest BCUT2D eigenvalue weighted by atomic mass is 32.1. The van der Waals surface area contributed by atoms with E-state index in [1.807, 2.05) is 60.7 Å². The highest BCUT2D eigenvalue weighted by Crippen LogP contribution is 2.49. The maximum Gasteiger partial charge on any atom is 0.162 e. The van der Waals surface area contributed by atoms with Gasteiger partial charge in [-0.3, -0.25) is 9.80 Å². The molecule has 0 amide bonds. The molecule has 4 rings (SSSR count). The summed E-state index contributed by atoms with van der Waals surface area (Å²) < 4.78 is 0. The molecule has 1 aromatic heterocycles. The summed E-state index contributed by atoms with van der Waals surface area (Å²) in [6.07, 6.45) is 1.16. The first-order valence-corrected chi connectivity index (χ1v) is 10.5. The molecule has 2 N–H and O–H groups in total. The lowest BCUT2D eigenvalue weighted by Gasteiger charge is -2.43. The number of thiophene rings is 1. The number of carbonyl (C=O) groups excluding carboxylic acids is 1. The van der Waals surface area contributed by atoms with E-state index in [1.165, 1.54) is 0 Å². The summed E-state index contributed by atoms with van der Waals surface area (Å²) in [5, 5.41) is 15.7. The quantitative estimate of drug-likeness (QED) is 0.836. The lowest BCUT2D eigenvalue weighted by atomic mass is 9.73. The fraction of sp³-hybridized carbons (Fsp3) is 0.304. The summed E-state index contributed by atoms with van der Waals surface area (Å²) in [5.74, 6) is 0.238. The number of rotatable bonds is 3. The summed E-state index contributed by atoms with van der Waals surface area (Å²) >= 11 is 1.58. The lowest BCUT2D eigenvalue weighted by Crippen LogP contribution is -2.46. The molecular formula is C23H24N4OS. The highest BCUT2D eigenvalue weighted by Gasteiger charge is 2.43. The van der Waals surface area contributed by atoms with E-state index in [0.717, 1.165) is 27.3 Å². The molecule has 6 heteroatoms. The van der Waals surface area contributed by atoms with Crippen LogP contribution < -0.4 is 5.73 Å². The molecule has 2 atom stereocenters. The summed E-state index contributed by atoms with van der Waals surface area (Å²) in [4.78, 5) is 14.5. The molecule has 1 aliphatic carbocycles. The van der Waals surface area contributed by atoms with E-state index >= 15 is 0 Å². The first-order valence-electron chi connectivity index (χ1n) is 9.66. The number of hydrogen-bond acceptors (Lipinski definition) is 6. The van der Waals surface area contributed by atoms with Crippen LogP contribution in [-0.4, -0.2) is 29.9 Å². The highest BCUT2D eigenvalue weighted by molar-refractivity contribution is 7.10. The van der Waals surface area contributed by atoms with Gasteiger partial charge in [-0.05, 0) is 41.8 Å². The average Bonchev–Trinajstić information content (AvgIpc) is 3.12. The van der Waals surface area contributed by atoms with Crippen molar-refractivity contribution < 1.29 is 4.79 Å². The van der Waals surface area contributed by atoms with Crippen LogP contribution in [0.2, 0.25) is 0 Å². The van der Waals surface area contributed by atoms with Gasteiger partial charge in [0, 0.05) is 36.7 Å². The molecule has 0 radical (unpaired) electrons. The molecular weight excluding hydrogens is 380 g/mol. The number of carbonyl (C=O) groups is 1. The molecule has 148 valence electrons. The molecule has 0 bridgehead atoms. The van der Waals surface area contributed by atoms with Gasteiger partial charge in [-0.25, -0.2) is 5.01 Å². The average molecular weight is 405 g/mol. The van der Waals surface area contributed by atoms with Gasteiger partial charge in [-0.2, -0.15) is 5.26 Å². The molecule has 1 aliphatic heterocycles. The number of nitrogens with zero attached hydrogens (tertiary/aromatic N) is 3. The zero-order valence-electron chi connectivity index (χ0n) is 16.8. The Morgan fingerprint density at radius 2 is 1.93 bits per heavy atom. The number of Topliss-reactive ketones (excluding diaryl/α,β-unsaturated/α-hetero) is 1. The Labute approximate surface area is 175 Å². The van der Waals surface area contributed by atoms with E-state index in [1.54, 1.807) is 11.3 Å². The molecule has 2 aromatic rings. The van der Waals surface area contributed by atoms with Crippen molar-refractivity contribution in [1.82, 2.24) is 10.0 Å². The van der Waals surface area contributed by atoms with Crippen molar-refractivity contribution in [2.24, 2.45) is 5.73 Å². The molecule has 0 fully saturated rings. The van der Waals surface area contributed by atoms with E-state index in [2.05, 4.69) is 18.2 Å². The summed E-state index contributed by atoms with van der Waals surface area (Å²) in [7, 11) is 3.78. The Hall–Kier alpha value is -2.88. The van der Waals surface area contributed by atoms with Gasteiger partial charge in [-0.1, -0.05) is 30.3 Å². The van der Waals surface area contributed by atoms with Crippen molar-refractivity contribution in [1.29, 1.82) is 5.26 Å². The zero-order valence-corrected chi connectivity index (χ0v) is 17.7. The van der Waals surface area contributed by atoms with Gasteiger partial charge in [0.15, 0.2) is 5.78 Å². The van der Waals surface area contributed by atoms with E-state index < -0.39 is 0 Å². The van der Waals surface area contributed by atoms with Gasteiger partial charge in [0.05, 0.1) is 17.6 Å². The minimum Gasteiger partial charge on any atom is -0.383 e. The van der Waals surface area contributed by atoms with E-state index in [9.17, 15) is 10.1 Å². The number of hydrogen-bond donors (Lipinski definition) is 1. The van der Waals surface area contributed by atoms with Crippen LogP contribution in [-0.2, 0) is 4.79 Å². The Bertz CT molecular complexity index is 1060. The third kappa shape index (κ3) is 3.17. The maximum absolute atomic E-state index is 13.5. The molecule has 29 heavy (non-hydrogen) atoms. The van der Waals surface area contributed by atoms with E-state index in [-0.39, 0.29) is 17.6 Å². The SMILES string of the molecule is Cc1ccsc1C1C(C#N)=C(N)N(N(C)C)C2=C1C(=O)CC(c1ccccc1)C2. The standard InChI is InChI=1S/C23H24N4OS/c1-14-9-10-29-22(14)20-17(13-24)23(25)27(26(2)3)18-11-16(12-19(28)21(18)20)15-7-5-4-6-8-15/h4-10,16,20H,11-12,25H2,1-3H3. The van der Waals surface area contributed by atoms with E-state index in [0.29, 0.717) is 24.2 Å². The smallest absolute Gasteiger partial charge is 0.162 e. The minimum atomic E-state index is -0.379. The summed E-state index contributed by atoms with van der Waals surface area (Å²) in [5.41, 5.74) is 10.9. The van der Waals surface area contributed by atoms with Crippen LogP contribution in [0, 0.1) is 18.3 Å². The fourth-order valence-corrected chi connectivity index (χ4v) is 5.52. The monoisotopic (exact) mass is 404 g/mol. The number of aryl methyl sites for hydroxylation is 1. The first kappa shape index (κ1) is 19.4. The van der Waals surface area contributed by atoms with Crippen molar-refractivity contribution >= 4 is 17.1 Å². The number of ketones is 1. The van der Waals surface area contributed by atoms with Crippen LogP contribution in [0.4, 0.5) is 0 Å². The minimum absolute atomic E-state index is 0.102. The summed E-state index contributed by atoms with van der Waals surface area (Å²) in [6, 6.07) is 14.5. The number of benzene rings is 1. The number of hydrazine groups is 1. The van der Waals surface area contributed by atoms with E-state index in [4.69, 9.17) is 5.73 Å². The third-order valence-corrected chi connectivity index (χ3v) is 6.86. The Balaban J connectivity index is 1.90. The topological polar surface area (TPSA) is 73.4 Å². The fourth-order valence-electron chi connectivity index (χ4n) is 4.47. The molecule has 2 unspecified atom stereocenters. The van der Waals surface area contributed by atoms with Crippen molar-refractivity contribution in [3.8, 4) is 6.07 Å². The van der Waals surface area contributed by atoms with Gasteiger partial charge in [0.25, 0.3) is 0 Å². The van der Waals surface area contributed by atoms with Crippen molar-refractivity contribution in [2.75, 3.05) is 14.1 Å². The van der Waals surface area contributed by atoms with Gasteiger partial charge in [0.2, 0.25) is 0 Å². The second kappa shape index (κ2) is 7.51. The molecule has 1 aromatic carbocycles. The van der Waals surface area contributed by atoms with Crippen molar-refractivity contribution in [3.63, 3.8) is 0 Å². The van der Waals surface area contributed by atoms with Crippen LogP contribution >= 0.6 is 11.3 Å². The van der Waals surface area contributed by atoms with Crippen LogP contribution in [0.15, 0.2) is 64.4 Å². The van der Waals surface area contributed by atoms with Gasteiger partial charge in [-0.15, -0.1) is 11.3 Å². The van der Waals surface area contributed by atoms with Crippen LogP contribution in [0.5, 0.6) is 0 Å². The third-order valence-electron chi connectivity index (χ3n) is 5.78. The molecule has 0 saturated carbocycles. The van der Waals surface area contributed by atoms with Gasteiger partial charge >= 0.3 is 0 Å². The maximum atomic E-state index is 13.5. The van der Waals surface area contributed by atoms with Crippen molar-refractivity contribution in [2.45, 2.75) is 31.6 Å². The molecule has 0 saturated heterocycles. The van der Waals surface area contributed by atoms with Gasteiger partial charge in [0.1, 0.15) is 5.82 Å². The second-order valence-corrected chi connectivity index (χ2v) is 8.72. The second-order valence-electron chi connectivity index (χ2n) is 7.77. The largest absolute Gasteiger partial charge is 0.383 e. The predicted molar refractivity (Wildman–Crippen MR) is 115 cm³/mol. The molecule has 5 nitrogen and oxygen atoms in total. The van der Waals surface area contributed by atoms with Gasteiger partial charge < -0.3 is 5.73 Å². The zero-order chi connectivity index (χ0) is 20.7. The van der Waals surface area contributed by atoms with Crippen LogP contribution in [0.3, 0.4) is 0 Å². The lowest BCUT2D eigenvalue weighted by molar-refractivity contribution is -0.117. The predicted octanol–water partition coefficient (Wildman–Crippen LogP) is 4.03. The Morgan fingerprint density at radius 3 is 2.52 bits per heavy atom. The van der Waals surface area contributed by atoms with Crippen LogP contribution in [0.25, 0.3) is 0 Å². The summed E-state index contributed by atoms with van der Waals surface area (Å²) in [6.45, 7) is 2.02. The first-order chi connectivity index (χ1) is 13.9. The molecule has 2 aliphatic rings. The van der Waals surface area contributed by atoms with Crippen molar-refractivity contribution in [3.05, 3.63) is 80.4 Å². The number of nitrogens with two attached hydrogens (primary N) is 1.